The summed E-state index contributed by atoms with van der Waals surface area (Å²) in [6.07, 6.45) is 1.38. The highest BCUT2D eigenvalue weighted by atomic mass is 35.5. The number of nitrogens with zero attached hydrogens (tertiary/aromatic N) is 2. The molecule has 0 radical (unpaired) electrons. The Morgan fingerprint density at radius 1 is 1.38 bits per heavy atom. The van der Waals surface area contributed by atoms with Crippen molar-refractivity contribution in [2.45, 2.75) is 19.6 Å². The van der Waals surface area contributed by atoms with Crippen LogP contribution < -0.4 is 5.56 Å². The normalized spacial score (nSPS) is 10.9. The molecule has 8 heteroatoms. The number of carbonyl (C=O) groups is 1. The standard InChI is InChI=1S/C16H12ClFN2O3S/c17-12-2-1-3-13(18)11(12)8-23-14(21)4-6-20-9-19-15-10(16(20)22)5-7-24-15/h1-3,5,7,9H,4,6,8H2. The van der Waals surface area contributed by atoms with E-state index in [4.69, 9.17) is 16.3 Å². The van der Waals surface area contributed by atoms with E-state index in [9.17, 15) is 14.0 Å². The number of carbonyl (C=O) groups excluding carboxylic acids is 1. The lowest BCUT2D eigenvalue weighted by atomic mass is 10.2. The summed E-state index contributed by atoms with van der Waals surface area (Å²) in [7, 11) is 0. The van der Waals surface area contributed by atoms with Gasteiger partial charge < -0.3 is 4.74 Å². The van der Waals surface area contributed by atoms with Crippen LogP contribution in [-0.2, 0) is 22.7 Å². The number of halogens is 2. The van der Waals surface area contributed by atoms with Crippen molar-refractivity contribution in [3.05, 3.63) is 62.7 Å². The molecule has 5 nitrogen and oxygen atoms in total. The first kappa shape index (κ1) is 16.6. The zero-order valence-electron chi connectivity index (χ0n) is 12.4. The molecule has 24 heavy (non-hydrogen) atoms. The van der Waals surface area contributed by atoms with E-state index >= 15 is 0 Å². The SMILES string of the molecule is O=C(CCn1cnc2sccc2c1=O)OCc1c(F)cccc1Cl. The third-order valence-corrected chi connectivity index (χ3v) is 4.62. The fourth-order valence-corrected chi connectivity index (χ4v) is 3.10. The van der Waals surface area contributed by atoms with Gasteiger partial charge in [-0.15, -0.1) is 11.3 Å². The van der Waals surface area contributed by atoms with Gasteiger partial charge in [0, 0.05) is 12.1 Å². The summed E-state index contributed by atoms with van der Waals surface area (Å²) in [6, 6.07) is 5.94. The van der Waals surface area contributed by atoms with Crippen LogP contribution in [-0.4, -0.2) is 15.5 Å². The fourth-order valence-electron chi connectivity index (χ4n) is 2.16. The third kappa shape index (κ3) is 3.47. The van der Waals surface area contributed by atoms with Crippen LogP contribution in [0.3, 0.4) is 0 Å². The largest absolute Gasteiger partial charge is 0.461 e. The first-order valence-corrected chi connectivity index (χ1v) is 8.33. The van der Waals surface area contributed by atoms with Crippen LogP contribution >= 0.6 is 22.9 Å². The monoisotopic (exact) mass is 366 g/mol. The molecule has 1 aromatic carbocycles. The Labute approximate surface area is 145 Å². The van der Waals surface area contributed by atoms with Crippen LogP contribution in [0.15, 0.2) is 40.8 Å². The van der Waals surface area contributed by atoms with Crippen molar-refractivity contribution in [2.24, 2.45) is 0 Å². The van der Waals surface area contributed by atoms with Gasteiger partial charge in [-0.05, 0) is 23.6 Å². The summed E-state index contributed by atoms with van der Waals surface area (Å²) in [5.41, 5.74) is -0.0720. The molecule has 2 heterocycles. The smallest absolute Gasteiger partial charge is 0.307 e. The summed E-state index contributed by atoms with van der Waals surface area (Å²) < 4.78 is 20.0. The zero-order valence-corrected chi connectivity index (χ0v) is 13.9. The molecule has 0 saturated carbocycles. The van der Waals surface area contributed by atoms with E-state index in [0.717, 1.165) is 0 Å². The van der Waals surface area contributed by atoms with Crippen molar-refractivity contribution in [3.8, 4) is 0 Å². The minimum atomic E-state index is -0.549. The van der Waals surface area contributed by atoms with Crippen LogP contribution in [0.25, 0.3) is 10.2 Å². The van der Waals surface area contributed by atoms with Crippen molar-refractivity contribution in [3.63, 3.8) is 0 Å². The Morgan fingerprint density at radius 3 is 3.00 bits per heavy atom. The molecule has 3 rings (SSSR count). The van der Waals surface area contributed by atoms with Gasteiger partial charge in [-0.3, -0.25) is 14.2 Å². The first-order chi connectivity index (χ1) is 11.6. The van der Waals surface area contributed by atoms with Gasteiger partial charge in [0.2, 0.25) is 0 Å². The number of fused-ring (bicyclic) bond motifs is 1. The highest BCUT2D eigenvalue weighted by Crippen LogP contribution is 2.20. The van der Waals surface area contributed by atoms with Gasteiger partial charge in [0.25, 0.3) is 5.56 Å². The Kier molecular flexibility index (Phi) is 4.92. The molecule has 0 fully saturated rings. The Bertz CT molecular complexity index is 934. The molecule has 0 saturated heterocycles. The maximum Gasteiger partial charge on any atom is 0.307 e. The van der Waals surface area contributed by atoms with Crippen molar-refractivity contribution >= 4 is 39.1 Å². The molecule has 0 aliphatic rings. The predicted octanol–water partition coefficient (Wildman–Crippen LogP) is 3.38. The van der Waals surface area contributed by atoms with Crippen LogP contribution in [0.2, 0.25) is 5.02 Å². The summed E-state index contributed by atoms with van der Waals surface area (Å²) >= 11 is 7.25. The minimum absolute atomic E-state index is 0.0245. The number of hydrogen-bond acceptors (Lipinski definition) is 5. The molecule has 0 aliphatic heterocycles. The molecule has 0 bridgehead atoms. The lowest BCUT2D eigenvalue weighted by Gasteiger charge is -2.08. The number of esters is 1. The van der Waals surface area contributed by atoms with Gasteiger partial charge >= 0.3 is 5.97 Å². The maximum atomic E-state index is 13.6. The second-order valence-electron chi connectivity index (χ2n) is 4.99. The van der Waals surface area contributed by atoms with E-state index < -0.39 is 11.8 Å². The van der Waals surface area contributed by atoms with Crippen molar-refractivity contribution < 1.29 is 13.9 Å². The number of aromatic nitrogens is 2. The molecule has 3 aromatic rings. The number of thiophene rings is 1. The summed E-state index contributed by atoms with van der Waals surface area (Å²) in [4.78, 5) is 28.8. The number of aryl methyl sites for hydroxylation is 1. The van der Waals surface area contributed by atoms with E-state index in [1.165, 1.54) is 40.4 Å². The van der Waals surface area contributed by atoms with Crippen LogP contribution in [0.4, 0.5) is 4.39 Å². The number of rotatable bonds is 5. The molecule has 124 valence electrons. The van der Waals surface area contributed by atoms with Gasteiger partial charge in [-0.25, -0.2) is 9.37 Å². The fraction of sp³-hybridized carbons (Fsp3) is 0.188. The van der Waals surface area contributed by atoms with E-state index in [-0.39, 0.29) is 35.7 Å². The van der Waals surface area contributed by atoms with E-state index in [1.54, 1.807) is 11.4 Å². The molecule has 0 spiro atoms. The molecule has 0 N–H and O–H groups in total. The van der Waals surface area contributed by atoms with Gasteiger partial charge in [0.05, 0.1) is 23.2 Å². The third-order valence-electron chi connectivity index (χ3n) is 3.45. The van der Waals surface area contributed by atoms with E-state index in [2.05, 4.69) is 4.98 Å². The minimum Gasteiger partial charge on any atom is -0.461 e. The second-order valence-corrected chi connectivity index (χ2v) is 6.30. The first-order valence-electron chi connectivity index (χ1n) is 7.07. The van der Waals surface area contributed by atoms with Crippen LogP contribution in [0, 0.1) is 5.82 Å². The Balaban J connectivity index is 1.61. The Hall–Kier alpha value is -2.25. The lowest BCUT2D eigenvalue weighted by molar-refractivity contribution is -0.145. The van der Waals surface area contributed by atoms with Crippen molar-refractivity contribution in [1.82, 2.24) is 9.55 Å². The molecule has 0 atom stereocenters. The average molecular weight is 367 g/mol. The van der Waals surface area contributed by atoms with Crippen LogP contribution in [0.5, 0.6) is 0 Å². The number of benzene rings is 1. The zero-order chi connectivity index (χ0) is 17.1. The second kappa shape index (κ2) is 7.11. The van der Waals surface area contributed by atoms with Gasteiger partial charge in [0.15, 0.2) is 0 Å². The number of hydrogen-bond donors (Lipinski definition) is 0. The maximum absolute atomic E-state index is 13.6. The highest BCUT2D eigenvalue weighted by molar-refractivity contribution is 7.16. The molecule has 2 aromatic heterocycles. The molecule has 0 amide bonds. The van der Waals surface area contributed by atoms with Gasteiger partial charge in [0.1, 0.15) is 17.3 Å². The van der Waals surface area contributed by atoms with Crippen molar-refractivity contribution in [1.29, 1.82) is 0 Å². The topological polar surface area (TPSA) is 61.2 Å². The predicted molar refractivity (Wildman–Crippen MR) is 89.7 cm³/mol. The Morgan fingerprint density at radius 2 is 2.21 bits per heavy atom. The molecular weight excluding hydrogens is 355 g/mol. The average Bonchev–Trinajstić information content (AvgIpc) is 3.03. The van der Waals surface area contributed by atoms with Crippen LogP contribution in [0.1, 0.15) is 12.0 Å². The lowest BCUT2D eigenvalue weighted by Crippen LogP contribution is -2.22. The molecule has 0 aliphatic carbocycles. The summed E-state index contributed by atoms with van der Waals surface area (Å²) in [6.45, 7) is -0.109. The van der Waals surface area contributed by atoms with Gasteiger partial charge in [-0.2, -0.15) is 0 Å². The van der Waals surface area contributed by atoms with Gasteiger partial charge in [-0.1, -0.05) is 17.7 Å². The molecule has 0 unspecified atom stereocenters. The molecular formula is C16H12ClFN2O3S. The van der Waals surface area contributed by atoms with E-state index in [0.29, 0.717) is 10.2 Å². The highest BCUT2D eigenvalue weighted by Gasteiger charge is 2.11. The van der Waals surface area contributed by atoms with E-state index in [1.807, 2.05) is 0 Å². The summed E-state index contributed by atoms with van der Waals surface area (Å²) in [5.74, 6) is -1.08. The number of ether oxygens (including phenoxy) is 1. The van der Waals surface area contributed by atoms with Crippen molar-refractivity contribution in [2.75, 3.05) is 0 Å². The quantitative estimate of drug-likeness (QED) is 0.649. The summed E-state index contributed by atoms with van der Waals surface area (Å²) in [5, 5.41) is 2.51.